The Morgan fingerprint density at radius 3 is 2.58 bits per heavy atom. The van der Waals surface area contributed by atoms with Crippen molar-refractivity contribution >= 4 is 57.2 Å². The number of ether oxygens (including phenoxy) is 2. The number of aliphatic imine (C=N–C) groups is 1. The van der Waals surface area contributed by atoms with Gasteiger partial charge < -0.3 is 14.8 Å². The second-order valence-corrected chi connectivity index (χ2v) is 8.81. The number of hydrogen-bond donors (Lipinski definition) is 1. The lowest BCUT2D eigenvalue weighted by molar-refractivity contribution is -0.115. The highest BCUT2D eigenvalue weighted by molar-refractivity contribution is 14.1. The Labute approximate surface area is 198 Å². The van der Waals surface area contributed by atoms with Crippen LogP contribution in [0.5, 0.6) is 11.5 Å². The highest BCUT2D eigenvalue weighted by Gasteiger charge is 2.24. The summed E-state index contributed by atoms with van der Waals surface area (Å²) >= 11 is 3.55. The van der Waals surface area contributed by atoms with Gasteiger partial charge in [0.2, 0.25) is 0 Å². The van der Waals surface area contributed by atoms with Gasteiger partial charge in [-0.3, -0.25) is 4.79 Å². The first-order valence-corrected chi connectivity index (χ1v) is 11.4. The van der Waals surface area contributed by atoms with E-state index in [-0.39, 0.29) is 5.91 Å². The fourth-order valence-corrected chi connectivity index (χ4v) is 4.26. The number of para-hydroxylation sites is 1. The van der Waals surface area contributed by atoms with Crippen LogP contribution in [0.1, 0.15) is 11.1 Å². The molecular formula is C24H19IN2O3S. The quantitative estimate of drug-likeness (QED) is 0.318. The minimum atomic E-state index is -0.169. The zero-order valence-electron chi connectivity index (χ0n) is 16.7. The van der Waals surface area contributed by atoms with Crippen molar-refractivity contribution in [2.24, 2.45) is 4.99 Å². The summed E-state index contributed by atoms with van der Waals surface area (Å²) < 4.78 is 12.4. The standard InChI is InChI=1S/C24H19IN2O3S/c1-29-20-12-11-17(13-21(20)30-15-16-7-3-2-4-8-16)14-22-23(28)27-24(31-22)26-19-10-6-5-9-18(19)25/h2-14H,15H2,1H3,(H,26,27,28)/b22-14+. The maximum Gasteiger partial charge on any atom is 0.264 e. The molecule has 1 aliphatic heterocycles. The van der Waals surface area contributed by atoms with Crippen LogP contribution in [0.2, 0.25) is 0 Å². The SMILES string of the molecule is COc1ccc(/C=C2/SC(=Nc3ccccc3I)NC2=O)cc1OCc1ccccc1. The van der Waals surface area contributed by atoms with Crippen molar-refractivity contribution in [2.75, 3.05) is 7.11 Å². The fourth-order valence-electron chi connectivity index (χ4n) is 2.91. The van der Waals surface area contributed by atoms with Crippen LogP contribution in [0.3, 0.4) is 0 Å². The lowest BCUT2D eigenvalue weighted by atomic mass is 10.2. The van der Waals surface area contributed by atoms with E-state index in [9.17, 15) is 4.79 Å². The van der Waals surface area contributed by atoms with Gasteiger partial charge in [0.25, 0.3) is 5.91 Å². The Hall–Kier alpha value is -2.78. The Balaban J connectivity index is 1.54. The number of halogens is 1. The average Bonchev–Trinajstić information content (AvgIpc) is 3.13. The number of nitrogens with zero attached hydrogens (tertiary/aromatic N) is 1. The van der Waals surface area contributed by atoms with Gasteiger partial charge in [-0.15, -0.1) is 0 Å². The number of thioether (sulfide) groups is 1. The molecule has 0 aromatic heterocycles. The van der Waals surface area contributed by atoms with Gasteiger partial charge in [0.1, 0.15) is 6.61 Å². The first-order valence-electron chi connectivity index (χ1n) is 9.51. The van der Waals surface area contributed by atoms with Crippen LogP contribution in [0.25, 0.3) is 6.08 Å². The molecule has 1 aliphatic rings. The fraction of sp³-hybridized carbons (Fsp3) is 0.0833. The predicted octanol–water partition coefficient (Wildman–Crippen LogP) is 5.77. The maximum absolute atomic E-state index is 12.4. The molecule has 0 bridgehead atoms. The monoisotopic (exact) mass is 542 g/mol. The number of benzene rings is 3. The van der Waals surface area contributed by atoms with Gasteiger partial charge in [-0.2, -0.15) is 0 Å². The van der Waals surface area contributed by atoms with Gasteiger partial charge in [-0.25, -0.2) is 4.99 Å². The van der Waals surface area contributed by atoms with Crippen LogP contribution in [0.4, 0.5) is 5.69 Å². The summed E-state index contributed by atoms with van der Waals surface area (Å²) in [6.07, 6.45) is 1.83. The van der Waals surface area contributed by atoms with E-state index in [0.29, 0.717) is 28.2 Å². The number of amides is 1. The van der Waals surface area contributed by atoms with Crippen LogP contribution in [-0.2, 0) is 11.4 Å². The van der Waals surface area contributed by atoms with Crippen molar-refractivity contribution in [1.82, 2.24) is 5.32 Å². The molecule has 0 spiro atoms. The van der Waals surface area contributed by atoms with Crippen molar-refractivity contribution in [1.29, 1.82) is 0 Å². The summed E-state index contributed by atoms with van der Waals surface area (Å²) in [5.41, 5.74) is 2.74. The average molecular weight is 542 g/mol. The van der Waals surface area contributed by atoms with Crippen molar-refractivity contribution in [3.63, 3.8) is 0 Å². The minimum absolute atomic E-state index is 0.169. The largest absolute Gasteiger partial charge is 0.493 e. The van der Waals surface area contributed by atoms with E-state index < -0.39 is 0 Å². The Morgan fingerprint density at radius 1 is 1.03 bits per heavy atom. The molecular weight excluding hydrogens is 523 g/mol. The topological polar surface area (TPSA) is 59.9 Å². The molecule has 0 aliphatic carbocycles. The molecule has 1 saturated heterocycles. The van der Waals surface area contributed by atoms with E-state index >= 15 is 0 Å². The van der Waals surface area contributed by atoms with Gasteiger partial charge in [-0.05, 0) is 75.8 Å². The molecule has 0 atom stereocenters. The number of amidine groups is 1. The summed E-state index contributed by atoms with van der Waals surface area (Å²) in [5.74, 6) is 1.09. The van der Waals surface area contributed by atoms with Crippen molar-refractivity contribution in [3.05, 3.63) is 92.4 Å². The number of carbonyl (C=O) groups is 1. The summed E-state index contributed by atoms with van der Waals surface area (Å²) in [6.45, 7) is 0.430. The van der Waals surface area contributed by atoms with Crippen molar-refractivity contribution in [2.45, 2.75) is 6.61 Å². The highest BCUT2D eigenvalue weighted by Crippen LogP contribution is 2.33. The first-order chi connectivity index (χ1) is 15.1. The Bertz CT molecular complexity index is 1160. The zero-order valence-corrected chi connectivity index (χ0v) is 19.6. The third-order valence-electron chi connectivity index (χ3n) is 4.45. The van der Waals surface area contributed by atoms with E-state index in [4.69, 9.17) is 9.47 Å². The van der Waals surface area contributed by atoms with E-state index in [1.807, 2.05) is 78.9 Å². The molecule has 156 valence electrons. The molecule has 5 nitrogen and oxygen atoms in total. The van der Waals surface area contributed by atoms with Gasteiger partial charge >= 0.3 is 0 Å². The molecule has 0 unspecified atom stereocenters. The summed E-state index contributed by atoms with van der Waals surface area (Å²) in [5, 5.41) is 3.39. The molecule has 3 aromatic rings. The summed E-state index contributed by atoms with van der Waals surface area (Å²) in [6, 6.07) is 23.3. The third-order valence-corrected chi connectivity index (χ3v) is 6.27. The normalized spacial score (nSPS) is 15.9. The Kier molecular flexibility index (Phi) is 6.93. The lowest BCUT2D eigenvalue weighted by Gasteiger charge is -2.11. The molecule has 1 N–H and O–H groups in total. The summed E-state index contributed by atoms with van der Waals surface area (Å²) in [7, 11) is 1.61. The maximum atomic E-state index is 12.4. The Morgan fingerprint density at radius 2 is 1.81 bits per heavy atom. The molecule has 0 saturated carbocycles. The number of carbonyl (C=O) groups excluding carboxylic acids is 1. The van der Waals surface area contributed by atoms with E-state index in [2.05, 4.69) is 32.9 Å². The molecule has 4 rings (SSSR count). The van der Waals surface area contributed by atoms with Crippen LogP contribution < -0.4 is 14.8 Å². The third kappa shape index (κ3) is 5.48. The minimum Gasteiger partial charge on any atom is -0.493 e. The number of rotatable bonds is 6. The van der Waals surface area contributed by atoms with E-state index in [1.54, 1.807) is 7.11 Å². The molecule has 3 aromatic carbocycles. The van der Waals surface area contributed by atoms with Crippen molar-refractivity contribution < 1.29 is 14.3 Å². The lowest BCUT2D eigenvalue weighted by Crippen LogP contribution is -2.19. The van der Waals surface area contributed by atoms with E-state index in [0.717, 1.165) is 20.4 Å². The number of methoxy groups -OCH3 is 1. The second kappa shape index (κ2) is 10.0. The summed E-state index contributed by atoms with van der Waals surface area (Å²) in [4.78, 5) is 17.6. The van der Waals surface area contributed by atoms with Gasteiger partial charge in [0, 0.05) is 3.57 Å². The number of hydrogen-bond acceptors (Lipinski definition) is 5. The van der Waals surface area contributed by atoms with Gasteiger partial charge in [-0.1, -0.05) is 48.5 Å². The second-order valence-electron chi connectivity index (χ2n) is 6.62. The molecule has 1 heterocycles. The molecule has 1 amide bonds. The van der Waals surface area contributed by atoms with Crippen LogP contribution >= 0.6 is 34.4 Å². The highest BCUT2D eigenvalue weighted by atomic mass is 127. The van der Waals surface area contributed by atoms with Gasteiger partial charge in [0.15, 0.2) is 16.7 Å². The number of nitrogens with one attached hydrogen (secondary N) is 1. The van der Waals surface area contributed by atoms with Crippen LogP contribution in [0, 0.1) is 3.57 Å². The zero-order chi connectivity index (χ0) is 21.6. The predicted molar refractivity (Wildman–Crippen MR) is 134 cm³/mol. The van der Waals surface area contributed by atoms with Gasteiger partial charge in [0.05, 0.1) is 17.7 Å². The first kappa shape index (κ1) is 21.5. The molecule has 31 heavy (non-hydrogen) atoms. The smallest absolute Gasteiger partial charge is 0.264 e. The molecule has 1 fully saturated rings. The van der Waals surface area contributed by atoms with Crippen molar-refractivity contribution in [3.8, 4) is 11.5 Å². The van der Waals surface area contributed by atoms with E-state index in [1.165, 1.54) is 11.8 Å². The molecule has 7 heteroatoms. The molecule has 0 radical (unpaired) electrons. The van der Waals surface area contributed by atoms with Crippen LogP contribution in [0.15, 0.2) is 82.7 Å². The van der Waals surface area contributed by atoms with Crippen LogP contribution in [-0.4, -0.2) is 18.2 Å².